The van der Waals surface area contributed by atoms with Crippen LogP contribution >= 0.6 is 0 Å². The second-order valence-electron chi connectivity index (χ2n) is 2.82. The highest BCUT2D eigenvalue weighted by Gasteiger charge is 2.11. The number of carbonyl (C=O) groups is 1. The molecule has 4 nitrogen and oxygen atoms in total. The molecule has 1 rings (SSSR count). The van der Waals surface area contributed by atoms with E-state index in [1.54, 1.807) is 24.3 Å². The maximum absolute atomic E-state index is 10.3. The van der Waals surface area contributed by atoms with Crippen LogP contribution in [-0.4, -0.2) is 16.2 Å². The van der Waals surface area contributed by atoms with Crippen LogP contribution in [0.4, 0.5) is 5.69 Å². The van der Waals surface area contributed by atoms with Crippen molar-refractivity contribution in [3.63, 3.8) is 0 Å². The van der Waals surface area contributed by atoms with Gasteiger partial charge in [-0.2, -0.15) is 0 Å². The van der Waals surface area contributed by atoms with Crippen LogP contribution in [-0.2, 0) is 4.79 Å². The predicted molar refractivity (Wildman–Crippen MR) is 49.9 cm³/mol. The van der Waals surface area contributed by atoms with Crippen LogP contribution in [0.2, 0.25) is 0 Å². The molecule has 0 spiro atoms. The van der Waals surface area contributed by atoms with E-state index >= 15 is 0 Å². The molecule has 1 atom stereocenters. The lowest BCUT2D eigenvalue weighted by molar-refractivity contribution is -0.139. The summed E-state index contributed by atoms with van der Waals surface area (Å²) >= 11 is 0. The Balaban J connectivity index is 2.77. The summed E-state index contributed by atoms with van der Waals surface area (Å²) in [4.78, 5) is 13.5. The molecule has 0 aliphatic rings. The molecule has 0 saturated carbocycles. The lowest BCUT2D eigenvalue weighted by Crippen LogP contribution is -2.04. The summed E-state index contributed by atoms with van der Waals surface area (Å²) in [5, 5.41) is 17.8. The van der Waals surface area contributed by atoms with Crippen molar-refractivity contribution in [3.05, 3.63) is 41.2 Å². The van der Waals surface area contributed by atoms with E-state index in [2.05, 4.69) is 4.85 Å². The summed E-state index contributed by atoms with van der Waals surface area (Å²) < 4.78 is 0. The first-order valence-electron chi connectivity index (χ1n) is 4.00. The zero-order chi connectivity index (χ0) is 10.6. The number of carboxylic acid groups (broad SMARTS) is 1. The van der Waals surface area contributed by atoms with E-state index in [1.807, 2.05) is 0 Å². The third kappa shape index (κ3) is 2.57. The largest absolute Gasteiger partial charge is 0.481 e. The summed E-state index contributed by atoms with van der Waals surface area (Å²) in [6.07, 6.45) is -1.33. The van der Waals surface area contributed by atoms with E-state index in [-0.39, 0.29) is 6.42 Å². The van der Waals surface area contributed by atoms with Gasteiger partial charge >= 0.3 is 5.97 Å². The zero-order valence-corrected chi connectivity index (χ0v) is 7.34. The van der Waals surface area contributed by atoms with Crippen LogP contribution in [0, 0.1) is 6.57 Å². The number of rotatable bonds is 3. The van der Waals surface area contributed by atoms with Gasteiger partial charge in [0.2, 0.25) is 0 Å². The molecule has 14 heavy (non-hydrogen) atoms. The lowest BCUT2D eigenvalue weighted by atomic mass is 10.1. The van der Waals surface area contributed by atoms with Crippen LogP contribution in [0.3, 0.4) is 0 Å². The van der Waals surface area contributed by atoms with E-state index in [0.29, 0.717) is 11.3 Å². The molecule has 0 aromatic heterocycles. The highest BCUT2D eigenvalue weighted by Crippen LogP contribution is 2.20. The molecule has 0 aliphatic heterocycles. The monoisotopic (exact) mass is 191 g/mol. The topological polar surface area (TPSA) is 61.9 Å². The van der Waals surface area contributed by atoms with Crippen LogP contribution in [0.1, 0.15) is 18.1 Å². The van der Waals surface area contributed by atoms with Crippen molar-refractivity contribution in [2.75, 3.05) is 0 Å². The molecule has 0 amide bonds. The number of hydrogen-bond acceptors (Lipinski definition) is 2. The molecule has 1 aromatic rings. The summed E-state index contributed by atoms with van der Waals surface area (Å²) in [7, 11) is 0. The first kappa shape index (κ1) is 10.2. The van der Waals surface area contributed by atoms with E-state index < -0.39 is 12.1 Å². The Kier molecular flexibility index (Phi) is 3.21. The quantitative estimate of drug-likeness (QED) is 0.715. The molecule has 0 saturated heterocycles. The fourth-order valence-electron chi connectivity index (χ4n) is 1.05. The number of hydrogen-bond donors (Lipinski definition) is 2. The van der Waals surface area contributed by atoms with Gasteiger partial charge in [0.05, 0.1) is 19.1 Å². The van der Waals surface area contributed by atoms with Gasteiger partial charge < -0.3 is 10.2 Å². The Labute approximate surface area is 81.2 Å². The van der Waals surface area contributed by atoms with Crippen molar-refractivity contribution in [1.29, 1.82) is 0 Å². The van der Waals surface area contributed by atoms with Gasteiger partial charge in [0.1, 0.15) is 0 Å². The average molecular weight is 191 g/mol. The maximum Gasteiger partial charge on any atom is 0.306 e. The molecule has 1 aromatic carbocycles. The van der Waals surface area contributed by atoms with Gasteiger partial charge in [-0.1, -0.05) is 24.3 Å². The molecule has 0 heterocycles. The first-order valence-corrected chi connectivity index (χ1v) is 4.00. The molecule has 2 N–H and O–H groups in total. The Morgan fingerprint density at radius 1 is 1.43 bits per heavy atom. The lowest BCUT2D eigenvalue weighted by Gasteiger charge is -2.07. The van der Waals surface area contributed by atoms with E-state index in [4.69, 9.17) is 11.7 Å². The number of benzene rings is 1. The standard InChI is InChI=1S/C10H9NO3/c1-11-8-4-2-7(3-5-8)9(12)6-10(13)14/h2-5,9,12H,6H2,(H,13,14). The Hall–Kier alpha value is -1.86. The predicted octanol–water partition coefficient (Wildman–Crippen LogP) is 1.75. The highest BCUT2D eigenvalue weighted by atomic mass is 16.4. The van der Waals surface area contributed by atoms with Gasteiger partial charge in [-0.3, -0.25) is 4.79 Å². The van der Waals surface area contributed by atoms with Crippen LogP contribution in [0.15, 0.2) is 24.3 Å². The molecular formula is C10H9NO3. The second-order valence-corrected chi connectivity index (χ2v) is 2.82. The fourth-order valence-corrected chi connectivity index (χ4v) is 1.05. The Bertz CT molecular complexity index is 364. The van der Waals surface area contributed by atoms with Crippen molar-refractivity contribution in [2.45, 2.75) is 12.5 Å². The van der Waals surface area contributed by atoms with Gasteiger partial charge in [0.25, 0.3) is 0 Å². The summed E-state index contributed by atoms with van der Waals surface area (Å²) in [6, 6.07) is 6.21. The molecule has 0 bridgehead atoms. The van der Waals surface area contributed by atoms with Crippen molar-refractivity contribution in [3.8, 4) is 0 Å². The highest BCUT2D eigenvalue weighted by molar-refractivity contribution is 5.67. The van der Waals surface area contributed by atoms with Crippen LogP contribution in [0.5, 0.6) is 0 Å². The molecule has 0 fully saturated rings. The summed E-state index contributed by atoms with van der Waals surface area (Å²) in [6.45, 7) is 6.70. The number of aliphatic hydroxyl groups is 1. The molecule has 1 unspecified atom stereocenters. The number of aliphatic carboxylic acids is 1. The van der Waals surface area contributed by atoms with Crippen LogP contribution in [0.25, 0.3) is 4.85 Å². The third-order valence-electron chi connectivity index (χ3n) is 1.77. The Morgan fingerprint density at radius 3 is 2.43 bits per heavy atom. The average Bonchev–Trinajstić information content (AvgIpc) is 2.17. The van der Waals surface area contributed by atoms with E-state index in [0.717, 1.165) is 0 Å². The van der Waals surface area contributed by atoms with Gasteiger partial charge in [-0.15, -0.1) is 0 Å². The zero-order valence-electron chi connectivity index (χ0n) is 7.34. The molecule has 0 aliphatic carbocycles. The van der Waals surface area contributed by atoms with Crippen molar-refractivity contribution in [1.82, 2.24) is 0 Å². The van der Waals surface area contributed by atoms with Crippen molar-refractivity contribution < 1.29 is 15.0 Å². The molecule has 0 radical (unpaired) electrons. The fraction of sp³-hybridized carbons (Fsp3) is 0.200. The Morgan fingerprint density at radius 2 is 2.00 bits per heavy atom. The number of carboxylic acids is 1. The molecule has 4 heteroatoms. The number of aliphatic hydroxyl groups excluding tert-OH is 1. The minimum atomic E-state index is -1.05. The second kappa shape index (κ2) is 4.40. The first-order chi connectivity index (χ1) is 6.63. The van der Waals surface area contributed by atoms with Gasteiger partial charge in [-0.25, -0.2) is 4.85 Å². The van der Waals surface area contributed by atoms with Gasteiger partial charge in [0, 0.05) is 0 Å². The minimum Gasteiger partial charge on any atom is -0.481 e. The van der Waals surface area contributed by atoms with E-state index in [1.165, 1.54) is 0 Å². The maximum atomic E-state index is 10.3. The van der Waals surface area contributed by atoms with Gasteiger partial charge in [-0.05, 0) is 5.56 Å². The van der Waals surface area contributed by atoms with Crippen molar-refractivity contribution in [2.24, 2.45) is 0 Å². The third-order valence-corrected chi connectivity index (χ3v) is 1.77. The summed E-state index contributed by atoms with van der Waals surface area (Å²) in [5.74, 6) is -1.05. The molecular weight excluding hydrogens is 182 g/mol. The van der Waals surface area contributed by atoms with Gasteiger partial charge in [0.15, 0.2) is 5.69 Å². The van der Waals surface area contributed by atoms with E-state index in [9.17, 15) is 9.90 Å². The molecule has 72 valence electrons. The van der Waals surface area contributed by atoms with Crippen LogP contribution < -0.4 is 0 Å². The number of nitrogens with zero attached hydrogens (tertiary/aromatic N) is 1. The summed E-state index contributed by atoms with van der Waals surface area (Å²) in [5.41, 5.74) is 0.982. The minimum absolute atomic E-state index is 0.322. The van der Waals surface area contributed by atoms with Crippen molar-refractivity contribution >= 4 is 11.7 Å². The SMILES string of the molecule is [C-]#[N+]c1ccc(C(O)CC(=O)O)cc1. The normalized spacial score (nSPS) is 11.7. The smallest absolute Gasteiger partial charge is 0.306 e.